The second-order valence-electron chi connectivity index (χ2n) is 6.84. The summed E-state index contributed by atoms with van der Waals surface area (Å²) in [5.41, 5.74) is 4.59. The lowest BCUT2D eigenvalue weighted by Gasteiger charge is -2.08. The van der Waals surface area contributed by atoms with Gasteiger partial charge in [-0.1, -0.05) is 35.9 Å². The summed E-state index contributed by atoms with van der Waals surface area (Å²) >= 11 is 6.00. The molecule has 27 heavy (non-hydrogen) atoms. The smallest absolute Gasteiger partial charge is 0.357 e. The van der Waals surface area contributed by atoms with Crippen molar-refractivity contribution in [1.82, 2.24) is 9.97 Å². The molecule has 0 radical (unpaired) electrons. The maximum Gasteiger partial charge on any atom is 0.357 e. The number of H-pyrrole nitrogens is 1. The number of halogens is 1. The summed E-state index contributed by atoms with van der Waals surface area (Å²) in [7, 11) is 0. The number of rotatable bonds is 4. The lowest BCUT2D eigenvalue weighted by molar-refractivity contribution is 0.0371. The van der Waals surface area contributed by atoms with Crippen molar-refractivity contribution >= 4 is 39.4 Å². The van der Waals surface area contributed by atoms with Crippen LogP contribution in [0.2, 0.25) is 5.02 Å². The number of hydrogen-bond acceptors (Lipinski definition) is 3. The first kappa shape index (κ1) is 17.6. The number of benzene rings is 2. The maximum atomic E-state index is 12.3. The van der Waals surface area contributed by atoms with Gasteiger partial charge in [0, 0.05) is 21.3 Å². The normalized spacial score (nSPS) is 11.4. The number of aromatic nitrogens is 2. The Bertz CT molecular complexity index is 1130. The van der Waals surface area contributed by atoms with Crippen molar-refractivity contribution in [1.29, 1.82) is 0 Å². The van der Waals surface area contributed by atoms with E-state index in [1.807, 2.05) is 56.3 Å². The lowest BCUT2D eigenvalue weighted by atomic mass is 9.99. The number of esters is 1. The molecule has 0 aliphatic heterocycles. The van der Waals surface area contributed by atoms with Gasteiger partial charge in [0.25, 0.3) is 0 Å². The first-order chi connectivity index (χ1) is 13.0. The Hall–Kier alpha value is -2.85. The molecule has 136 valence electrons. The van der Waals surface area contributed by atoms with E-state index in [0.29, 0.717) is 5.69 Å². The number of nitrogens with zero attached hydrogens (tertiary/aromatic N) is 1. The van der Waals surface area contributed by atoms with Gasteiger partial charge in [-0.2, -0.15) is 0 Å². The Morgan fingerprint density at radius 3 is 2.67 bits per heavy atom. The molecule has 2 aromatic carbocycles. The first-order valence-electron chi connectivity index (χ1n) is 8.86. The van der Waals surface area contributed by atoms with Crippen molar-refractivity contribution in [2.75, 3.05) is 0 Å². The van der Waals surface area contributed by atoms with Crippen LogP contribution in [-0.4, -0.2) is 22.0 Å². The highest BCUT2D eigenvalue weighted by Gasteiger charge is 2.15. The van der Waals surface area contributed by atoms with E-state index < -0.39 is 5.97 Å². The number of fused-ring (bicyclic) bond motifs is 3. The molecule has 5 heteroatoms. The summed E-state index contributed by atoms with van der Waals surface area (Å²) in [5.74, 6) is -0.406. The largest absolute Gasteiger partial charge is 0.458 e. The molecule has 0 amide bonds. The zero-order chi connectivity index (χ0) is 19.0. The molecule has 2 heterocycles. The average molecular weight is 379 g/mol. The van der Waals surface area contributed by atoms with Crippen LogP contribution in [0.4, 0.5) is 0 Å². The van der Waals surface area contributed by atoms with Crippen molar-refractivity contribution < 1.29 is 9.53 Å². The number of carbonyl (C=O) groups is 1. The third-order valence-electron chi connectivity index (χ3n) is 4.45. The summed E-state index contributed by atoms with van der Waals surface area (Å²) in [5, 5.41) is 2.80. The van der Waals surface area contributed by atoms with Crippen LogP contribution >= 0.6 is 11.6 Å². The molecule has 0 aliphatic carbocycles. The first-order valence-corrected chi connectivity index (χ1v) is 9.24. The molecule has 0 bridgehead atoms. The summed E-state index contributed by atoms with van der Waals surface area (Å²) < 4.78 is 5.29. The summed E-state index contributed by atoms with van der Waals surface area (Å²) in [6.07, 6.45) is 2.28. The standard InChI is InChI=1S/C22H19ClN2O2/c1-13(2)27-22(26)19-11-17-20(12-24-19)25-18-5-3-4-15(21(17)18)10-14-6-8-16(23)9-7-14/h3-9,11-13,25H,10H2,1-2H3. The number of nitrogens with one attached hydrogen (secondary N) is 1. The van der Waals surface area contributed by atoms with Crippen molar-refractivity contribution in [3.8, 4) is 0 Å². The molecule has 0 spiro atoms. The topological polar surface area (TPSA) is 55.0 Å². The predicted octanol–water partition coefficient (Wildman–Crippen LogP) is 5.53. The molecule has 0 unspecified atom stereocenters. The van der Waals surface area contributed by atoms with Gasteiger partial charge in [0.1, 0.15) is 5.69 Å². The molecule has 1 N–H and O–H groups in total. The molecular weight excluding hydrogens is 360 g/mol. The number of carbonyl (C=O) groups excluding carboxylic acids is 1. The molecule has 4 nitrogen and oxygen atoms in total. The van der Waals surface area contributed by atoms with Gasteiger partial charge in [0.15, 0.2) is 0 Å². The van der Waals surface area contributed by atoms with Crippen molar-refractivity contribution in [2.24, 2.45) is 0 Å². The molecule has 0 aliphatic rings. The van der Waals surface area contributed by atoms with Crippen LogP contribution in [0.1, 0.15) is 35.5 Å². The third-order valence-corrected chi connectivity index (χ3v) is 4.71. The van der Waals surface area contributed by atoms with Crippen LogP contribution in [0, 0.1) is 0 Å². The Balaban J connectivity index is 1.82. The highest BCUT2D eigenvalue weighted by atomic mass is 35.5. The lowest BCUT2D eigenvalue weighted by Crippen LogP contribution is -2.12. The monoisotopic (exact) mass is 378 g/mol. The Labute approximate surface area is 162 Å². The average Bonchev–Trinajstić information content (AvgIpc) is 3.01. The van der Waals surface area contributed by atoms with E-state index >= 15 is 0 Å². The van der Waals surface area contributed by atoms with E-state index in [2.05, 4.69) is 16.0 Å². The van der Waals surface area contributed by atoms with Crippen LogP contribution in [0.15, 0.2) is 54.7 Å². The van der Waals surface area contributed by atoms with Gasteiger partial charge in [-0.3, -0.25) is 0 Å². The van der Waals surface area contributed by atoms with Crippen molar-refractivity contribution in [2.45, 2.75) is 26.4 Å². The maximum absolute atomic E-state index is 12.3. The van der Waals surface area contributed by atoms with Gasteiger partial charge in [-0.05, 0) is 55.7 Å². The van der Waals surface area contributed by atoms with Crippen LogP contribution in [0.25, 0.3) is 21.8 Å². The fourth-order valence-electron chi connectivity index (χ4n) is 3.28. The second kappa shape index (κ2) is 7.05. The fourth-order valence-corrected chi connectivity index (χ4v) is 3.41. The Kier molecular flexibility index (Phi) is 4.58. The number of ether oxygens (including phenoxy) is 1. The minimum absolute atomic E-state index is 0.182. The summed E-state index contributed by atoms with van der Waals surface area (Å²) in [6, 6.07) is 15.8. The minimum atomic E-state index is -0.406. The molecule has 0 fully saturated rings. The van der Waals surface area contributed by atoms with Gasteiger partial charge >= 0.3 is 5.97 Å². The molecule has 0 saturated carbocycles. The fraction of sp³-hybridized carbons (Fsp3) is 0.182. The second-order valence-corrected chi connectivity index (χ2v) is 7.27. The predicted molar refractivity (Wildman–Crippen MR) is 108 cm³/mol. The van der Waals surface area contributed by atoms with E-state index in [-0.39, 0.29) is 6.10 Å². The zero-order valence-electron chi connectivity index (χ0n) is 15.1. The highest BCUT2D eigenvalue weighted by Crippen LogP contribution is 2.30. The SMILES string of the molecule is CC(C)OC(=O)c1cc2c(cn1)[nH]c1cccc(Cc3ccc(Cl)cc3)c12. The van der Waals surface area contributed by atoms with Gasteiger partial charge in [0.2, 0.25) is 0 Å². The van der Waals surface area contributed by atoms with E-state index in [1.54, 1.807) is 6.20 Å². The van der Waals surface area contributed by atoms with Crippen LogP contribution in [-0.2, 0) is 11.2 Å². The molecule has 0 atom stereocenters. The number of aromatic amines is 1. The molecule has 4 rings (SSSR count). The van der Waals surface area contributed by atoms with E-state index in [1.165, 1.54) is 11.1 Å². The Morgan fingerprint density at radius 1 is 1.15 bits per heavy atom. The van der Waals surface area contributed by atoms with E-state index in [9.17, 15) is 4.79 Å². The quantitative estimate of drug-likeness (QED) is 0.475. The van der Waals surface area contributed by atoms with Gasteiger partial charge in [0.05, 0.1) is 17.8 Å². The van der Waals surface area contributed by atoms with Crippen molar-refractivity contribution in [3.63, 3.8) is 0 Å². The number of pyridine rings is 1. The van der Waals surface area contributed by atoms with Crippen LogP contribution in [0.3, 0.4) is 0 Å². The van der Waals surface area contributed by atoms with Crippen LogP contribution in [0.5, 0.6) is 0 Å². The third kappa shape index (κ3) is 3.53. The van der Waals surface area contributed by atoms with Crippen LogP contribution < -0.4 is 0 Å². The molecule has 4 aromatic rings. The zero-order valence-corrected chi connectivity index (χ0v) is 15.9. The number of hydrogen-bond donors (Lipinski definition) is 1. The highest BCUT2D eigenvalue weighted by molar-refractivity contribution is 6.30. The molecule has 2 aromatic heterocycles. The minimum Gasteiger partial charge on any atom is -0.458 e. The van der Waals surface area contributed by atoms with Crippen molar-refractivity contribution in [3.05, 3.63) is 76.6 Å². The van der Waals surface area contributed by atoms with Gasteiger partial charge in [-0.25, -0.2) is 9.78 Å². The molecule has 0 saturated heterocycles. The van der Waals surface area contributed by atoms with E-state index in [4.69, 9.17) is 16.3 Å². The Morgan fingerprint density at radius 2 is 1.93 bits per heavy atom. The van der Waals surface area contributed by atoms with Gasteiger partial charge in [-0.15, -0.1) is 0 Å². The molecular formula is C22H19ClN2O2. The summed E-state index contributed by atoms with van der Waals surface area (Å²) in [6.45, 7) is 3.65. The summed E-state index contributed by atoms with van der Waals surface area (Å²) in [4.78, 5) is 19.9. The van der Waals surface area contributed by atoms with Gasteiger partial charge < -0.3 is 9.72 Å². The van der Waals surface area contributed by atoms with E-state index in [0.717, 1.165) is 33.2 Å².